The van der Waals surface area contributed by atoms with E-state index in [1.165, 1.54) is 36.5 Å². The van der Waals surface area contributed by atoms with Crippen LogP contribution in [0.2, 0.25) is 5.02 Å². The normalized spacial score (nSPS) is 10.0. The van der Waals surface area contributed by atoms with E-state index in [4.69, 9.17) is 16.3 Å². The topological polar surface area (TPSA) is 39.2 Å². The Bertz CT molecular complexity index is 522. The number of pyridine rings is 1. The maximum Gasteiger partial charge on any atom is 0.219 e. The second-order valence-electron chi connectivity index (χ2n) is 3.20. The molecule has 2 rings (SSSR count). The lowest BCUT2D eigenvalue weighted by molar-refractivity contribution is 0.112. The summed E-state index contributed by atoms with van der Waals surface area (Å²) in [4.78, 5) is 14.3. The third kappa shape index (κ3) is 2.60. The molecule has 0 aliphatic heterocycles. The monoisotopic (exact) mass is 251 g/mol. The van der Waals surface area contributed by atoms with Gasteiger partial charge in [-0.05, 0) is 18.2 Å². The summed E-state index contributed by atoms with van der Waals surface area (Å²) in [5.41, 5.74) is 0.414. The Morgan fingerprint density at radius 1 is 1.29 bits per heavy atom. The van der Waals surface area contributed by atoms with E-state index in [0.29, 0.717) is 11.8 Å². The van der Waals surface area contributed by atoms with Gasteiger partial charge in [0.1, 0.15) is 0 Å². The zero-order valence-corrected chi connectivity index (χ0v) is 9.32. The van der Waals surface area contributed by atoms with Crippen molar-refractivity contribution in [3.05, 3.63) is 52.9 Å². The van der Waals surface area contributed by atoms with Crippen LogP contribution in [0.4, 0.5) is 4.39 Å². The van der Waals surface area contributed by atoms with Gasteiger partial charge in [-0.1, -0.05) is 17.7 Å². The molecule has 0 atom stereocenters. The lowest BCUT2D eigenvalue weighted by Gasteiger charge is -2.07. The van der Waals surface area contributed by atoms with Crippen molar-refractivity contribution < 1.29 is 13.9 Å². The SMILES string of the molecule is O=Cc1ccc(Oc2c(F)cccc2Cl)nc1. The standard InChI is InChI=1S/C12H7ClFNO2/c13-9-2-1-3-10(14)12(9)17-11-5-4-8(7-16)6-15-11/h1-7H. The van der Waals surface area contributed by atoms with Gasteiger partial charge in [0.2, 0.25) is 5.88 Å². The molecule has 0 aliphatic carbocycles. The van der Waals surface area contributed by atoms with E-state index < -0.39 is 5.82 Å². The number of halogens is 2. The Hall–Kier alpha value is -1.94. The van der Waals surface area contributed by atoms with Crippen LogP contribution in [-0.2, 0) is 0 Å². The number of benzene rings is 1. The molecule has 0 spiro atoms. The summed E-state index contributed by atoms with van der Waals surface area (Å²) < 4.78 is 18.6. The smallest absolute Gasteiger partial charge is 0.219 e. The first kappa shape index (κ1) is 11.5. The maximum atomic E-state index is 13.4. The molecular formula is C12H7ClFNO2. The Balaban J connectivity index is 2.28. The lowest BCUT2D eigenvalue weighted by atomic mass is 10.3. The fourth-order valence-corrected chi connectivity index (χ4v) is 1.41. The largest absolute Gasteiger partial charge is 0.434 e. The number of carbonyl (C=O) groups is 1. The fraction of sp³-hybridized carbons (Fsp3) is 0. The van der Waals surface area contributed by atoms with Crippen molar-refractivity contribution in [2.45, 2.75) is 0 Å². The van der Waals surface area contributed by atoms with E-state index >= 15 is 0 Å². The van der Waals surface area contributed by atoms with E-state index in [0.717, 1.165) is 0 Å². The molecule has 0 amide bonds. The van der Waals surface area contributed by atoms with E-state index in [-0.39, 0.29) is 16.7 Å². The third-order valence-corrected chi connectivity index (χ3v) is 2.32. The molecule has 1 aromatic carbocycles. The number of hydrogen-bond acceptors (Lipinski definition) is 3. The van der Waals surface area contributed by atoms with Gasteiger partial charge in [0.25, 0.3) is 0 Å². The third-order valence-electron chi connectivity index (χ3n) is 2.02. The number of aromatic nitrogens is 1. The molecule has 0 fully saturated rings. The van der Waals surface area contributed by atoms with Crippen molar-refractivity contribution in [1.82, 2.24) is 4.98 Å². The molecule has 1 heterocycles. The van der Waals surface area contributed by atoms with Crippen molar-refractivity contribution in [3.63, 3.8) is 0 Å². The number of aldehydes is 1. The quantitative estimate of drug-likeness (QED) is 0.784. The summed E-state index contributed by atoms with van der Waals surface area (Å²) in [5, 5.41) is 0.159. The Kier molecular flexibility index (Phi) is 3.35. The summed E-state index contributed by atoms with van der Waals surface area (Å²) in [6, 6.07) is 7.21. The number of nitrogens with zero attached hydrogens (tertiary/aromatic N) is 1. The first-order valence-corrected chi connectivity index (χ1v) is 5.11. The Labute approximate surface area is 102 Å². The van der Waals surface area contributed by atoms with E-state index in [1.54, 1.807) is 0 Å². The highest BCUT2D eigenvalue weighted by atomic mass is 35.5. The molecule has 0 saturated carbocycles. The molecule has 3 nitrogen and oxygen atoms in total. The highest BCUT2D eigenvalue weighted by Gasteiger charge is 2.09. The number of para-hydroxylation sites is 1. The minimum atomic E-state index is -0.571. The summed E-state index contributed by atoms with van der Waals surface area (Å²) in [5.74, 6) is -0.484. The molecule has 0 unspecified atom stereocenters. The fourth-order valence-electron chi connectivity index (χ4n) is 1.21. The molecular weight excluding hydrogens is 245 g/mol. The van der Waals surface area contributed by atoms with E-state index in [1.807, 2.05) is 0 Å². The number of ether oxygens (including phenoxy) is 1. The zero-order chi connectivity index (χ0) is 12.3. The highest BCUT2D eigenvalue weighted by molar-refractivity contribution is 6.32. The van der Waals surface area contributed by atoms with Crippen LogP contribution in [0.1, 0.15) is 10.4 Å². The van der Waals surface area contributed by atoms with Crippen LogP contribution in [0, 0.1) is 5.82 Å². The van der Waals surface area contributed by atoms with E-state index in [2.05, 4.69) is 4.98 Å². The number of hydrogen-bond donors (Lipinski definition) is 0. The Morgan fingerprint density at radius 2 is 2.12 bits per heavy atom. The predicted molar refractivity (Wildman–Crippen MR) is 61.1 cm³/mol. The maximum absolute atomic E-state index is 13.4. The van der Waals surface area contributed by atoms with Crippen LogP contribution < -0.4 is 4.74 Å². The molecule has 0 N–H and O–H groups in total. The van der Waals surface area contributed by atoms with Crippen molar-refractivity contribution >= 4 is 17.9 Å². The number of rotatable bonds is 3. The van der Waals surface area contributed by atoms with Crippen LogP contribution in [0.5, 0.6) is 11.6 Å². The molecule has 2 aromatic rings. The number of carbonyl (C=O) groups excluding carboxylic acids is 1. The average molecular weight is 252 g/mol. The molecule has 0 bridgehead atoms. The van der Waals surface area contributed by atoms with Gasteiger partial charge in [0.15, 0.2) is 17.9 Å². The summed E-state index contributed by atoms with van der Waals surface area (Å²) >= 11 is 5.79. The van der Waals surface area contributed by atoms with Crippen LogP contribution in [0.3, 0.4) is 0 Å². The highest BCUT2D eigenvalue weighted by Crippen LogP contribution is 2.30. The van der Waals surface area contributed by atoms with Crippen molar-refractivity contribution in [1.29, 1.82) is 0 Å². The first-order chi connectivity index (χ1) is 8.20. The molecule has 0 aliphatic rings. The van der Waals surface area contributed by atoms with Gasteiger partial charge in [0.05, 0.1) is 5.02 Å². The Morgan fingerprint density at radius 3 is 2.71 bits per heavy atom. The minimum absolute atomic E-state index is 0.0829. The summed E-state index contributed by atoms with van der Waals surface area (Å²) in [6.45, 7) is 0. The second kappa shape index (κ2) is 4.93. The van der Waals surface area contributed by atoms with Gasteiger partial charge in [-0.2, -0.15) is 0 Å². The predicted octanol–water partition coefficient (Wildman–Crippen LogP) is 3.48. The minimum Gasteiger partial charge on any atom is -0.434 e. The lowest BCUT2D eigenvalue weighted by Crippen LogP contribution is -1.92. The molecule has 17 heavy (non-hydrogen) atoms. The van der Waals surface area contributed by atoms with E-state index in [9.17, 15) is 9.18 Å². The average Bonchev–Trinajstić information content (AvgIpc) is 2.35. The van der Waals surface area contributed by atoms with Crippen LogP contribution in [0.15, 0.2) is 36.5 Å². The van der Waals surface area contributed by atoms with Gasteiger partial charge in [0, 0.05) is 17.8 Å². The first-order valence-electron chi connectivity index (χ1n) is 4.74. The van der Waals surface area contributed by atoms with Crippen molar-refractivity contribution in [3.8, 4) is 11.6 Å². The summed E-state index contributed by atoms with van der Waals surface area (Å²) in [6.07, 6.45) is 1.99. The van der Waals surface area contributed by atoms with Crippen LogP contribution in [0.25, 0.3) is 0 Å². The molecule has 86 valence electrons. The van der Waals surface area contributed by atoms with Crippen molar-refractivity contribution in [2.24, 2.45) is 0 Å². The van der Waals surface area contributed by atoms with Gasteiger partial charge < -0.3 is 4.74 Å². The van der Waals surface area contributed by atoms with Crippen LogP contribution in [-0.4, -0.2) is 11.3 Å². The van der Waals surface area contributed by atoms with Crippen LogP contribution >= 0.6 is 11.6 Å². The van der Waals surface area contributed by atoms with Gasteiger partial charge in [-0.25, -0.2) is 9.37 Å². The van der Waals surface area contributed by atoms with Gasteiger partial charge in [-0.15, -0.1) is 0 Å². The molecule has 0 radical (unpaired) electrons. The molecule has 5 heteroatoms. The summed E-state index contributed by atoms with van der Waals surface area (Å²) in [7, 11) is 0. The van der Waals surface area contributed by atoms with Gasteiger partial charge >= 0.3 is 0 Å². The van der Waals surface area contributed by atoms with Gasteiger partial charge in [-0.3, -0.25) is 4.79 Å². The van der Waals surface area contributed by atoms with Crippen molar-refractivity contribution in [2.75, 3.05) is 0 Å². The molecule has 0 saturated heterocycles. The zero-order valence-electron chi connectivity index (χ0n) is 8.56. The molecule has 1 aromatic heterocycles. The second-order valence-corrected chi connectivity index (χ2v) is 3.61.